The molecule has 32 heavy (non-hydrogen) atoms. The number of carbonyl (C=O) groups is 1. The molecule has 0 spiro atoms. The highest BCUT2D eigenvalue weighted by atomic mass is 35.5. The third-order valence-corrected chi connectivity index (χ3v) is 7.41. The molecule has 3 aromatic rings. The van der Waals surface area contributed by atoms with E-state index in [0.29, 0.717) is 29.6 Å². The van der Waals surface area contributed by atoms with Crippen LogP contribution in [0.1, 0.15) is 51.3 Å². The fourth-order valence-corrected chi connectivity index (χ4v) is 5.54. The summed E-state index contributed by atoms with van der Waals surface area (Å²) in [4.78, 5) is 18.2. The van der Waals surface area contributed by atoms with Crippen LogP contribution in [0.15, 0.2) is 48.0 Å². The first-order valence-corrected chi connectivity index (χ1v) is 12.6. The highest BCUT2D eigenvalue weighted by molar-refractivity contribution is 7.14. The van der Waals surface area contributed by atoms with E-state index in [1.807, 2.05) is 18.3 Å². The lowest BCUT2D eigenvalue weighted by Gasteiger charge is -2.21. The molecule has 168 valence electrons. The Morgan fingerprint density at radius 1 is 1.12 bits per heavy atom. The summed E-state index contributed by atoms with van der Waals surface area (Å²) in [5.41, 5.74) is 5.46. The first kappa shape index (κ1) is 23.2. The number of thiophene rings is 1. The van der Waals surface area contributed by atoms with Crippen LogP contribution in [0.4, 0.5) is 0 Å². The minimum atomic E-state index is 0.0132. The Morgan fingerprint density at radius 3 is 2.62 bits per heavy atom. The Labute approximate surface area is 200 Å². The number of ketones is 1. The van der Waals surface area contributed by atoms with Gasteiger partial charge in [-0.1, -0.05) is 44.5 Å². The molecule has 3 heterocycles. The van der Waals surface area contributed by atoms with Crippen LogP contribution in [0.2, 0.25) is 5.02 Å². The largest absolute Gasteiger partial charge is 0.317 e. The minimum Gasteiger partial charge on any atom is -0.317 e. The van der Waals surface area contributed by atoms with Crippen molar-refractivity contribution in [1.82, 2.24) is 10.3 Å². The van der Waals surface area contributed by atoms with Gasteiger partial charge in [0.05, 0.1) is 0 Å². The third kappa shape index (κ3) is 5.67. The Morgan fingerprint density at radius 2 is 1.91 bits per heavy atom. The van der Waals surface area contributed by atoms with Crippen LogP contribution in [-0.4, -0.2) is 23.9 Å². The second-order valence-corrected chi connectivity index (χ2v) is 11.1. The molecule has 1 saturated heterocycles. The van der Waals surface area contributed by atoms with Crippen LogP contribution >= 0.6 is 22.9 Å². The number of aromatic nitrogens is 1. The van der Waals surface area contributed by atoms with Gasteiger partial charge in [0.25, 0.3) is 0 Å². The lowest BCUT2D eigenvalue weighted by atomic mass is 9.90. The maximum Gasteiger partial charge on any atom is 0.137 e. The van der Waals surface area contributed by atoms with Crippen LogP contribution in [0.25, 0.3) is 21.6 Å². The second-order valence-electron chi connectivity index (χ2n) is 9.81. The Balaban J connectivity index is 1.47. The van der Waals surface area contributed by atoms with E-state index in [4.69, 9.17) is 11.6 Å². The molecule has 2 aromatic heterocycles. The van der Waals surface area contributed by atoms with Crippen molar-refractivity contribution in [2.24, 2.45) is 5.92 Å². The Hall–Kier alpha value is -2.01. The molecule has 0 atom stereocenters. The standard InChI is InChI=1S/C27H31ClN2OS/c1-27(2,3)26-16-20(8-11-30-26)21-15-25(32-17-21)23-5-4-19(14-24(23)28)13-22(31)12-18-6-9-29-10-7-18/h4-5,8,11,14-18,29H,6-7,9-10,12-13H2,1-3H3. The fourth-order valence-electron chi connectivity index (χ4n) is 4.23. The number of rotatable bonds is 6. The minimum absolute atomic E-state index is 0.0132. The molecule has 3 nitrogen and oxygen atoms in total. The molecule has 5 heteroatoms. The SMILES string of the molecule is CC(C)(C)c1cc(-c2csc(-c3ccc(CC(=O)CC4CCNCC4)cc3Cl)c2)ccn1. The van der Waals surface area contributed by atoms with Crippen LogP contribution in [0.5, 0.6) is 0 Å². The number of hydrogen-bond donors (Lipinski definition) is 1. The maximum atomic E-state index is 12.5. The highest BCUT2D eigenvalue weighted by Crippen LogP contribution is 2.37. The van der Waals surface area contributed by atoms with Gasteiger partial charge >= 0.3 is 0 Å². The zero-order chi connectivity index (χ0) is 22.7. The summed E-state index contributed by atoms with van der Waals surface area (Å²) in [6.07, 6.45) is 5.22. The topological polar surface area (TPSA) is 42.0 Å². The number of hydrogen-bond acceptors (Lipinski definition) is 4. The molecular weight excluding hydrogens is 436 g/mol. The molecule has 1 aliphatic rings. The molecule has 1 aliphatic heterocycles. The van der Waals surface area contributed by atoms with Gasteiger partial charge in [-0.2, -0.15) is 0 Å². The zero-order valence-corrected chi connectivity index (χ0v) is 20.7. The molecule has 0 radical (unpaired) electrons. The predicted molar refractivity (Wildman–Crippen MR) is 136 cm³/mol. The summed E-state index contributed by atoms with van der Waals surface area (Å²) >= 11 is 8.35. The number of Topliss-reactive ketones (excluding diaryl/α,β-unsaturated/α-hetero) is 1. The van der Waals surface area contributed by atoms with E-state index in [0.717, 1.165) is 47.6 Å². The molecule has 0 saturated carbocycles. The molecule has 1 fully saturated rings. The van der Waals surface area contributed by atoms with Gasteiger partial charge in [0.1, 0.15) is 5.78 Å². The Bertz CT molecular complexity index is 1090. The molecule has 0 amide bonds. The van der Waals surface area contributed by atoms with E-state index in [1.165, 1.54) is 11.1 Å². The predicted octanol–water partition coefficient (Wildman–Crippen LogP) is 6.93. The van der Waals surface area contributed by atoms with E-state index < -0.39 is 0 Å². The molecule has 4 rings (SSSR count). The number of carbonyl (C=O) groups excluding carboxylic acids is 1. The lowest BCUT2D eigenvalue weighted by Crippen LogP contribution is -2.29. The molecule has 0 aliphatic carbocycles. The summed E-state index contributed by atoms with van der Waals surface area (Å²) < 4.78 is 0. The molecule has 1 N–H and O–H groups in total. The second kappa shape index (κ2) is 9.86. The van der Waals surface area contributed by atoms with Crippen LogP contribution < -0.4 is 5.32 Å². The van der Waals surface area contributed by atoms with E-state index in [-0.39, 0.29) is 5.41 Å². The first-order chi connectivity index (χ1) is 15.3. The van der Waals surface area contributed by atoms with E-state index in [2.05, 4.69) is 60.7 Å². The van der Waals surface area contributed by atoms with Crippen LogP contribution in [-0.2, 0) is 16.6 Å². The van der Waals surface area contributed by atoms with Gasteiger partial charge in [-0.3, -0.25) is 9.78 Å². The van der Waals surface area contributed by atoms with Crippen molar-refractivity contribution in [3.05, 3.63) is 64.3 Å². The summed E-state index contributed by atoms with van der Waals surface area (Å²) in [5.74, 6) is 0.835. The quantitative estimate of drug-likeness (QED) is 0.428. The van der Waals surface area contributed by atoms with Gasteiger partial charge in [0.2, 0.25) is 0 Å². The molecular formula is C27H31ClN2OS. The van der Waals surface area contributed by atoms with Gasteiger partial charge in [0, 0.05) is 45.6 Å². The molecule has 0 unspecified atom stereocenters. The van der Waals surface area contributed by atoms with Crippen molar-refractivity contribution in [2.75, 3.05) is 13.1 Å². The monoisotopic (exact) mass is 466 g/mol. The zero-order valence-electron chi connectivity index (χ0n) is 19.1. The number of piperidine rings is 1. The third-order valence-electron chi connectivity index (χ3n) is 6.14. The Kier molecular flexibility index (Phi) is 7.14. The summed E-state index contributed by atoms with van der Waals surface area (Å²) in [6, 6.07) is 12.5. The average Bonchev–Trinajstić information content (AvgIpc) is 3.24. The summed E-state index contributed by atoms with van der Waals surface area (Å²) in [5, 5.41) is 6.23. The fraction of sp³-hybridized carbons (Fsp3) is 0.407. The van der Waals surface area contributed by atoms with Crippen LogP contribution in [0, 0.1) is 5.92 Å². The van der Waals surface area contributed by atoms with Gasteiger partial charge < -0.3 is 5.32 Å². The number of benzene rings is 1. The van der Waals surface area contributed by atoms with Gasteiger partial charge in [-0.15, -0.1) is 11.3 Å². The lowest BCUT2D eigenvalue weighted by molar-refractivity contribution is -0.119. The summed E-state index contributed by atoms with van der Waals surface area (Å²) in [7, 11) is 0. The average molecular weight is 467 g/mol. The number of pyridine rings is 1. The van der Waals surface area contributed by atoms with E-state index in [9.17, 15) is 4.79 Å². The number of nitrogens with one attached hydrogen (secondary N) is 1. The van der Waals surface area contributed by atoms with Crippen molar-refractivity contribution in [3.8, 4) is 21.6 Å². The van der Waals surface area contributed by atoms with E-state index >= 15 is 0 Å². The normalized spacial score (nSPS) is 15.1. The number of halogens is 1. The van der Waals surface area contributed by atoms with Gasteiger partial charge in [-0.25, -0.2) is 0 Å². The maximum absolute atomic E-state index is 12.5. The first-order valence-electron chi connectivity index (χ1n) is 11.4. The number of nitrogens with zero attached hydrogens (tertiary/aromatic N) is 1. The van der Waals surface area contributed by atoms with E-state index in [1.54, 1.807) is 11.3 Å². The van der Waals surface area contributed by atoms with Crippen molar-refractivity contribution in [2.45, 2.75) is 51.9 Å². The highest BCUT2D eigenvalue weighted by Gasteiger charge is 2.18. The summed E-state index contributed by atoms with van der Waals surface area (Å²) in [6.45, 7) is 8.58. The van der Waals surface area contributed by atoms with Crippen molar-refractivity contribution in [3.63, 3.8) is 0 Å². The van der Waals surface area contributed by atoms with Gasteiger partial charge in [-0.05, 0) is 78.2 Å². The van der Waals surface area contributed by atoms with Crippen LogP contribution in [0.3, 0.4) is 0 Å². The smallest absolute Gasteiger partial charge is 0.137 e. The van der Waals surface area contributed by atoms with Crippen molar-refractivity contribution in [1.29, 1.82) is 0 Å². The van der Waals surface area contributed by atoms with Crippen molar-refractivity contribution >= 4 is 28.7 Å². The van der Waals surface area contributed by atoms with Gasteiger partial charge in [0.15, 0.2) is 0 Å². The van der Waals surface area contributed by atoms with Crippen molar-refractivity contribution < 1.29 is 4.79 Å². The molecule has 0 bridgehead atoms. The molecule has 1 aromatic carbocycles.